The molecule has 1 N–H and O–H groups in total. The zero-order valence-corrected chi connectivity index (χ0v) is 19.0. The van der Waals surface area contributed by atoms with Crippen molar-refractivity contribution in [1.82, 2.24) is 19.3 Å². The zero-order chi connectivity index (χ0) is 20.7. The van der Waals surface area contributed by atoms with Crippen LogP contribution in [0.4, 0.5) is 10.5 Å². The minimum absolute atomic E-state index is 0.221. The Balaban J connectivity index is 1.33. The van der Waals surface area contributed by atoms with E-state index >= 15 is 0 Å². The van der Waals surface area contributed by atoms with Crippen molar-refractivity contribution in [2.75, 3.05) is 5.32 Å². The summed E-state index contributed by atoms with van der Waals surface area (Å²) in [4.78, 5) is 17.1. The molecule has 1 aliphatic rings. The van der Waals surface area contributed by atoms with Crippen molar-refractivity contribution in [3.8, 4) is 0 Å². The van der Waals surface area contributed by atoms with Gasteiger partial charge in [-0.1, -0.05) is 29.5 Å². The fourth-order valence-corrected chi connectivity index (χ4v) is 5.17. The average Bonchev–Trinajstić information content (AvgIpc) is 3.38. The van der Waals surface area contributed by atoms with Gasteiger partial charge in [-0.3, -0.25) is 9.25 Å². The summed E-state index contributed by atoms with van der Waals surface area (Å²) >= 11 is 2.55. The van der Waals surface area contributed by atoms with Crippen LogP contribution in [0.2, 0.25) is 0 Å². The van der Waals surface area contributed by atoms with Crippen molar-refractivity contribution < 1.29 is 4.79 Å². The molecule has 3 heterocycles. The predicted octanol–water partition coefficient (Wildman–Crippen LogP) is 6.02. The molecule has 3 aromatic heterocycles. The minimum atomic E-state index is -0.221. The highest BCUT2D eigenvalue weighted by Crippen LogP contribution is 2.36. The monoisotopic (exact) mass is 513 g/mol. The summed E-state index contributed by atoms with van der Waals surface area (Å²) in [6.45, 7) is 2.32. The lowest BCUT2D eigenvalue weighted by molar-refractivity contribution is 0.254. The van der Waals surface area contributed by atoms with E-state index in [0.29, 0.717) is 11.7 Å². The lowest BCUT2D eigenvalue weighted by Gasteiger charge is -2.30. The van der Waals surface area contributed by atoms with Crippen LogP contribution < -0.4 is 5.32 Å². The van der Waals surface area contributed by atoms with Gasteiger partial charge >= 0.3 is 6.03 Å². The number of halogens is 1. The van der Waals surface area contributed by atoms with Crippen LogP contribution in [0.25, 0.3) is 21.9 Å². The highest BCUT2D eigenvalue weighted by Gasteiger charge is 2.25. The molecule has 0 spiro atoms. The fourth-order valence-electron chi connectivity index (χ4n) is 4.45. The van der Waals surface area contributed by atoms with Crippen LogP contribution in [-0.4, -0.2) is 29.3 Å². The first-order valence-electron chi connectivity index (χ1n) is 10.4. The normalized spacial score (nSPS) is 20.5. The predicted molar refractivity (Wildman–Crippen MR) is 128 cm³/mol. The first kappa shape index (κ1) is 19.5. The van der Waals surface area contributed by atoms with Gasteiger partial charge in [0.25, 0.3) is 0 Å². The lowest BCUT2D eigenvalue weighted by atomic mass is 9.84. The maximum Gasteiger partial charge on any atom is 0.331 e. The number of rotatable bonds is 3. The smallest absolute Gasteiger partial charge is 0.307 e. The van der Waals surface area contributed by atoms with E-state index < -0.39 is 0 Å². The van der Waals surface area contributed by atoms with Crippen LogP contribution in [0.3, 0.4) is 0 Å². The van der Waals surface area contributed by atoms with Crippen LogP contribution in [0.5, 0.6) is 0 Å². The summed E-state index contributed by atoms with van der Waals surface area (Å²) in [5, 5.41) is 9.78. The minimum Gasteiger partial charge on any atom is -0.307 e. The molecule has 0 aliphatic heterocycles. The van der Waals surface area contributed by atoms with Gasteiger partial charge in [-0.15, -0.1) is 0 Å². The van der Waals surface area contributed by atoms with Crippen molar-refractivity contribution in [3.05, 3.63) is 55.0 Å². The Labute approximate surface area is 188 Å². The first-order chi connectivity index (χ1) is 14.6. The number of hydrogen-bond acceptors (Lipinski definition) is 3. The molecule has 30 heavy (non-hydrogen) atoms. The first-order valence-corrected chi connectivity index (χ1v) is 11.7. The van der Waals surface area contributed by atoms with E-state index in [0.717, 1.165) is 31.8 Å². The van der Waals surface area contributed by atoms with E-state index in [2.05, 4.69) is 50.7 Å². The molecule has 7 heteroatoms. The van der Waals surface area contributed by atoms with E-state index in [1.54, 1.807) is 12.4 Å². The molecule has 4 aromatic rings. The third kappa shape index (κ3) is 3.71. The highest BCUT2D eigenvalue weighted by atomic mass is 127. The molecule has 5 rings (SSSR count). The third-order valence-electron chi connectivity index (χ3n) is 6.21. The van der Waals surface area contributed by atoms with Crippen molar-refractivity contribution in [2.24, 2.45) is 5.92 Å². The Morgan fingerprint density at radius 3 is 2.80 bits per heavy atom. The van der Waals surface area contributed by atoms with Crippen LogP contribution >= 0.6 is 22.6 Å². The Morgan fingerprint density at radius 2 is 2.00 bits per heavy atom. The van der Waals surface area contributed by atoms with Crippen LogP contribution in [-0.2, 0) is 0 Å². The summed E-state index contributed by atoms with van der Waals surface area (Å²) in [5.41, 5.74) is 2.37. The number of pyridine rings is 1. The van der Waals surface area contributed by atoms with E-state index in [-0.39, 0.29) is 6.03 Å². The second kappa shape index (κ2) is 8.02. The molecule has 1 aromatic carbocycles. The van der Waals surface area contributed by atoms with Crippen molar-refractivity contribution >= 4 is 56.2 Å². The molecular weight excluding hydrogens is 489 g/mol. The lowest BCUT2D eigenvalue weighted by Crippen LogP contribution is -2.22. The molecule has 0 radical (unpaired) electrons. The van der Waals surface area contributed by atoms with Gasteiger partial charge in [0.2, 0.25) is 0 Å². The van der Waals surface area contributed by atoms with Crippen molar-refractivity contribution in [2.45, 2.75) is 42.6 Å². The number of nitrogens with one attached hydrogen (secondary N) is 1. The van der Waals surface area contributed by atoms with E-state index in [1.165, 1.54) is 30.3 Å². The van der Waals surface area contributed by atoms with Gasteiger partial charge in [-0.2, -0.15) is 5.10 Å². The summed E-state index contributed by atoms with van der Waals surface area (Å²) in [6.07, 6.45) is 10.5. The summed E-state index contributed by atoms with van der Waals surface area (Å²) in [6, 6.07) is 11.8. The van der Waals surface area contributed by atoms with Crippen LogP contribution in [0.1, 0.15) is 38.6 Å². The number of anilines is 1. The second-order valence-corrected chi connectivity index (χ2v) is 10.1. The summed E-state index contributed by atoms with van der Waals surface area (Å²) < 4.78 is 4.41. The molecular formula is C23H24IN5O. The number of amides is 1. The summed E-state index contributed by atoms with van der Waals surface area (Å²) in [5.74, 6) is 0.827. The number of hydrogen-bond donors (Lipinski definition) is 1. The fraction of sp³-hybridized carbons (Fsp3) is 0.348. The third-order valence-corrected chi connectivity index (χ3v) is 7.22. The molecule has 1 saturated carbocycles. The number of carbonyl (C=O) groups is 1. The van der Waals surface area contributed by atoms with E-state index in [1.807, 2.05) is 36.4 Å². The van der Waals surface area contributed by atoms with Crippen LogP contribution in [0, 0.1) is 5.92 Å². The maximum absolute atomic E-state index is 12.8. The molecule has 1 unspecified atom stereocenters. The van der Waals surface area contributed by atoms with Gasteiger partial charge < -0.3 is 5.32 Å². The summed E-state index contributed by atoms with van der Waals surface area (Å²) in [7, 11) is 0. The Hall–Kier alpha value is -2.42. The number of carbonyl (C=O) groups excluding carboxylic acids is 1. The molecule has 1 aliphatic carbocycles. The second-order valence-electron chi connectivity index (χ2n) is 8.16. The molecule has 6 nitrogen and oxygen atoms in total. The van der Waals surface area contributed by atoms with Gasteiger partial charge in [0.15, 0.2) is 0 Å². The molecule has 154 valence electrons. The SMILES string of the molecule is CC(I)[C@H]1CC[C@H](n2cc3cc(NC(=O)n4ccc5cccnc54)ccc3n2)CC1. The quantitative estimate of drug-likeness (QED) is 0.269. The van der Waals surface area contributed by atoms with Crippen LogP contribution in [0.15, 0.2) is 55.0 Å². The molecule has 0 saturated heterocycles. The number of aromatic nitrogens is 4. The number of fused-ring (bicyclic) bond motifs is 2. The van der Waals surface area contributed by atoms with E-state index in [9.17, 15) is 4.79 Å². The highest BCUT2D eigenvalue weighted by molar-refractivity contribution is 14.1. The van der Waals surface area contributed by atoms with Gasteiger partial charge in [-0.05, 0) is 68.0 Å². The zero-order valence-electron chi connectivity index (χ0n) is 16.8. The Morgan fingerprint density at radius 1 is 1.17 bits per heavy atom. The van der Waals surface area contributed by atoms with Crippen molar-refractivity contribution in [3.63, 3.8) is 0 Å². The number of nitrogens with zero attached hydrogens (tertiary/aromatic N) is 4. The Kier molecular flexibility index (Phi) is 5.22. The molecule has 1 amide bonds. The van der Waals surface area contributed by atoms with Gasteiger partial charge in [0, 0.05) is 39.0 Å². The number of benzene rings is 1. The molecule has 1 fully saturated rings. The number of alkyl halides is 1. The average molecular weight is 513 g/mol. The topological polar surface area (TPSA) is 64.7 Å². The van der Waals surface area contributed by atoms with Gasteiger partial charge in [0.1, 0.15) is 5.65 Å². The standard InChI is InChI=1S/C23H24IN5O/c1-15(24)16-4-7-20(8-5-16)29-14-18-13-19(6-9-21(18)27-29)26-23(30)28-12-10-17-3-2-11-25-22(17)28/h2-3,6,9-16,20H,4-5,7-8H2,1H3,(H,26,30)/t15?,16-,20-. The van der Waals surface area contributed by atoms with Gasteiger partial charge in [-0.25, -0.2) is 9.78 Å². The maximum atomic E-state index is 12.8. The molecule has 1 atom stereocenters. The molecule has 0 bridgehead atoms. The van der Waals surface area contributed by atoms with E-state index in [4.69, 9.17) is 5.10 Å². The van der Waals surface area contributed by atoms with Gasteiger partial charge in [0.05, 0.1) is 11.6 Å². The van der Waals surface area contributed by atoms with Crippen molar-refractivity contribution in [1.29, 1.82) is 0 Å². The Bertz CT molecular complexity index is 1200. The largest absolute Gasteiger partial charge is 0.331 e.